The van der Waals surface area contributed by atoms with E-state index in [1.54, 1.807) is 0 Å². The molecule has 0 aliphatic carbocycles. The smallest absolute Gasteiger partial charge is 0.187 e. The SMILES string of the molecule is OCC1O[C@@H]2O[C@@H]3C(CO)O[C@H](O[C@@H]4C(CO)O[C@H](O[C@@H]5C(CO)O[C@H](O[C@@H]6C(CO)O[C@H](O[C@@H]7C(CO)O[C@@H](O[C@@H]8C(CO)O[C@H](O[C@H]1C(O)[C@@H]2O)C(O)[C@H]8O)C(O)[C@H]7O)C(O)[C@H]6O)[C@@H](O)C5O)[C@@H](O)C4O)[C@@H](O)C3O. The molecule has 0 amide bonds. The molecule has 77 heavy (non-hydrogen) atoms. The summed E-state index contributed by atoms with van der Waals surface area (Å²) in [6.07, 6.45) is -70.2. The van der Waals surface area contributed by atoms with Gasteiger partial charge in [-0.05, 0) is 0 Å². The molecule has 0 aromatic heterocycles. The number of ether oxygens (including phenoxy) is 14. The Morgan fingerprint density at radius 3 is 0.351 bits per heavy atom. The van der Waals surface area contributed by atoms with Crippen LogP contribution in [0.2, 0.25) is 0 Å². The zero-order valence-electron chi connectivity index (χ0n) is 40.3. The number of aliphatic hydroxyl groups is 21. The molecule has 21 saturated heterocycles. The number of hydrogen-bond acceptors (Lipinski definition) is 35. The zero-order valence-corrected chi connectivity index (χ0v) is 40.3. The second-order valence-electron chi connectivity index (χ2n) is 19.7. The van der Waals surface area contributed by atoms with Crippen LogP contribution in [-0.2, 0) is 66.3 Å². The molecule has 448 valence electrons. The molecule has 21 heterocycles. The summed E-state index contributed by atoms with van der Waals surface area (Å²) in [5.41, 5.74) is 0. The fraction of sp³-hybridized carbons (Fsp3) is 1.00. The molecule has 0 radical (unpaired) electrons. The molecule has 0 saturated carbocycles. The van der Waals surface area contributed by atoms with Gasteiger partial charge in [-0.1, -0.05) is 0 Å². The first-order chi connectivity index (χ1) is 36.7. The lowest BCUT2D eigenvalue weighted by molar-refractivity contribution is -0.396. The van der Waals surface area contributed by atoms with Crippen LogP contribution in [0.4, 0.5) is 0 Å². The molecular formula is C42H70O35. The Kier molecular flexibility index (Phi) is 20.8. The van der Waals surface area contributed by atoms with Gasteiger partial charge in [0.1, 0.15) is 171 Å². The van der Waals surface area contributed by atoms with Crippen molar-refractivity contribution in [3.8, 4) is 0 Å². The minimum absolute atomic E-state index is 1.05. The van der Waals surface area contributed by atoms with Gasteiger partial charge in [0, 0.05) is 0 Å². The van der Waals surface area contributed by atoms with E-state index in [4.69, 9.17) is 66.3 Å². The summed E-state index contributed by atoms with van der Waals surface area (Å²) >= 11 is 0. The van der Waals surface area contributed by atoms with Gasteiger partial charge in [0.2, 0.25) is 0 Å². The Bertz CT molecular complexity index is 1470. The van der Waals surface area contributed by atoms with Crippen molar-refractivity contribution in [1.82, 2.24) is 0 Å². The maximum atomic E-state index is 11.3. The van der Waals surface area contributed by atoms with Crippen LogP contribution in [0.15, 0.2) is 0 Å². The summed E-state index contributed by atoms with van der Waals surface area (Å²) in [4.78, 5) is 0. The number of hydrogen-bond donors (Lipinski definition) is 21. The van der Waals surface area contributed by atoms with Gasteiger partial charge < -0.3 is 174 Å². The third-order valence-corrected chi connectivity index (χ3v) is 14.8. The fourth-order valence-corrected chi connectivity index (χ4v) is 10.4. The van der Waals surface area contributed by atoms with E-state index in [2.05, 4.69) is 0 Å². The van der Waals surface area contributed by atoms with E-state index < -0.39 is 261 Å². The fourth-order valence-electron chi connectivity index (χ4n) is 10.4. The lowest BCUT2D eigenvalue weighted by Gasteiger charge is -2.50. The van der Waals surface area contributed by atoms with Gasteiger partial charge in [-0.3, -0.25) is 0 Å². The largest absolute Gasteiger partial charge is 0.394 e. The van der Waals surface area contributed by atoms with E-state index in [1.165, 1.54) is 0 Å². The zero-order chi connectivity index (χ0) is 56.1. The Balaban J connectivity index is 1.08. The van der Waals surface area contributed by atoms with Crippen molar-refractivity contribution in [2.45, 2.75) is 215 Å². The van der Waals surface area contributed by atoms with Crippen LogP contribution in [0.25, 0.3) is 0 Å². The molecule has 35 heteroatoms. The summed E-state index contributed by atoms with van der Waals surface area (Å²) in [6, 6.07) is 0. The van der Waals surface area contributed by atoms with Crippen molar-refractivity contribution in [2.24, 2.45) is 0 Å². The average molecular weight is 1130 g/mol. The van der Waals surface area contributed by atoms with Crippen molar-refractivity contribution in [2.75, 3.05) is 46.2 Å². The standard InChI is InChI=1S/C42H70O35/c43-1-8-29-15(50)22(57)36(64-8)72-30-9(2-44)66-38(24(59)17(30)52)74-32-11(4-46)68-40(26(61)19(32)54)76-34-13(6-48)70-42(28(63)21(34)56)77-35-14(7-49)69-41(27(62)20(35)55)75-33-12(5-47)67-39(25(60)18(33)53)73-31-10(3-45)65-37(71-29)23(58)16(31)51/h8-63H,1-7H2/t8?,9?,10?,11?,12?,13?,14?,15-,16-,17-,18?,19?,20?,21?,22?,23?,24?,25+,26+,27+,28+,29-,30-,31-,32-,33-,34-,35-,36+,37-,38-,39-,40-,41-,42-/m1/s1. The van der Waals surface area contributed by atoms with Crippen LogP contribution in [0.1, 0.15) is 0 Å². The van der Waals surface area contributed by atoms with E-state index in [0.29, 0.717) is 0 Å². The van der Waals surface area contributed by atoms with Crippen molar-refractivity contribution < 1.29 is 174 Å². The van der Waals surface area contributed by atoms with Gasteiger partial charge in [0.15, 0.2) is 44.0 Å². The van der Waals surface area contributed by atoms with Gasteiger partial charge in [-0.15, -0.1) is 0 Å². The first-order valence-electron chi connectivity index (χ1n) is 24.6. The lowest BCUT2D eigenvalue weighted by atomic mass is 9.95. The maximum Gasteiger partial charge on any atom is 0.187 e. The van der Waals surface area contributed by atoms with Gasteiger partial charge in [-0.25, -0.2) is 0 Å². The molecule has 0 spiro atoms. The first-order valence-corrected chi connectivity index (χ1v) is 24.6. The highest BCUT2D eigenvalue weighted by Crippen LogP contribution is 2.39. The molecule has 14 unspecified atom stereocenters. The van der Waals surface area contributed by atoms with Crippen LogP contribution in [-0.4, -0.2) is 368 Å². The summed E-state index contributed by atoms with van der Waals surface area (Å²) in [7, 11) is 0. The number of aliphatic hydroxyl groups excluding tert-OH is 21. The normalized spacial score (nSPS) is 55.4. The minimum Gasteiger partial charge on any atom is -0.394 e. The van der Waals surface area contributed by atoms with Crippen LogP contribution < -0.4 is 0 Å². The number of rotatable bonds is 7. The Morgan fingerprint density at radius 2 is 0.260 bits per heavy atom. The van der Waals surface area contributed by atoms with Gasteiger partial charge >= 0.3 is 0 Å². The molecule has 21 aliphatic rings. The highest BCUT2D eigenvalue weighted by Gasteiger charge is 2.59. The predicted molar refractivity (Wildman–Crippen MR) is 228 cm³/mol. The molecule has 21 aliphatic heterocycles. The van der Waals surface area contributed by atoms with E-state index in [9.17, 15) is 107 Å². The van der Waals surface area contributed by atoms with Gasteiger partial charge in [0.25, 0.3) is 0 Å². The Labute approximate surface area is 434 Å². The summed E-state index contributed by atoms with van der Waals surface area (Å²) in [5, 5.41) is 230. The molecule has 21 fully saturated rings. The third-order valence-electron chi connectivity index (χ3n) is 14.8. The van der Waals surface area contributed by atoms with Crippen LogP contribution >= 0.6 is 0 Å². The maximum absolute atomic E-state index is 11.3. The lowest BCUT2D eigenvalue weighted by Crippen LogP contribution is -2.68. The first kappa shape index (κ1) is 61.7. The Morgan fingerprint density at radius 1 is 0.156 bits per heavy atom. The molecule has 0 aromatic carbocycles. The van der Waals surface area contributed by atoms with Crippen LogP contribution in [0, 0.1) is 0 Å². The van der Waals surface area contributed by atoms with E-state index in [1.807, 2.05) is 0 Å². The summed E-state index contributed by atoms with van der Waals surface area (Å²) < 4.78 is 79.5. The predicted octanol–water partition coefficient (Wildman–Crippen LogP) is -15.2. The molecule has 21 N–H and O–H groups in total. The van der Waals surface area contributed by atoms with E-state index >= 15 is 0 Å². The van der Waals surface area contributed by atoms with Gasteiger partial charge in [0.05, 0.1) is 46.2 Å². The molecule has 21 rings (SSSR count). The highest BCUT2D eigenvalue weighted by atomic mass is 16.8. The molecule has 35 nitrogen and oxygen atoms in total. The van der Waals surface area contributed by atoms with Crippen LogP contribution in [0.5, 0.6) is 0 Å². The second-order valence-corrected chi connectivity index (χ2v) is 19.7. The van der Waals surface area contributed by atoms with E-state index in [-0.39, 0.29) is 0 Å². The Hall–Kier alpha value is -1.40. The quantitative estimate of drug-likeness (QED) is 0.113. The molecular weight excluding hydrogens is 1060 g/mol. The van der Waals surface area contributed by atoms with Crippen molar-refractivity contribution in [1.29, 1.82) is 0 Å². The molecule has 0 aromatic rings. The summed E-state index contributed by atoms with van der Waals surface area (Å²) in [5.74, 6) is 0. The topological polar surface area (TPSA) is 554 Å². The van der Waals surface area contributed by atoms with Gasteiger partial charge in [-0.2, -0.15) is 0 Å². The monoisotopic (exact) mass is 1130 g/mol. The molecule has 14 bridgehead atoms. The second kappa shape index (κ2) is 26.0. The minimum atomic E-state index is -2.21. The van der Waals surface area contributed by atoms with Crippen molar-refractivity contribution in [3.05, 3.63) is 0 Å². The summed E-state index contributed by atoms with van der Waals surface area (Å²) in [6.45, 7) is -7.33. The molecule has 35 atom stereocenters. The highest BCUT2D eigenvalue weighted by molar-refractivity contribution is 5.01. The van der Waals surface area contributed by atoms with Crippen LogP contribution in [0.3, 0.4) is 0 Å². The van der Waals surface area contributed by atoms with Crippen molar-refractivity contribution in [3.63, 3.8) is 0 Å². The average Bonchev–Trinajstić information content (AvgIpc) is 3.47. The van der Waals surface area contributed by atoms with E-state index in [0.717, 1.165) is 0 Å². The third kappa shape index (κ3) is 12.1. The van der Waals surface area contributed by atoms with Crippen molar-refractivity contribution >= 4 is 0 Å².